The number of aryl methyl sites for hydroxylation is 1. The van der Waals surface area contributed by atoms with Gasteiger partial charge in [-0.2, -0.15) is 0 Å². The normalized spacial score (nSPS) is 18.6. The molecule has 154 valence electrons. The van der Waals surface area contributed by atoms with Crippen LogP contribution in [0.4, 0.5) is 4.79 Å². The van der Waals surface area contributed by atoms with Gasteiger partial charge in [0.15, 0.2) is 0 Å². The molecule has 1 aliphatic rings. The second kappa shape index (κ2) is 7.98. The third-order valence-electron chi connectivity index (χ3n) is 5.28. The first-order valence-electron chi connectivity index (χ1n) is 9.82. The number of hydrogen-bond acceptors (Lipinski definition) is 4. The van der Waals surface area contributed by atoms with Gasteiger partial charge in [-0.15, -0.1) is 0 Å². The molecule has 1 fully saturated rings. The molecule has 1 atom stereocenters. The van der Waals surface area contributed by atoms with Gasteiger partial charge in [0.1, 0.15) is 17.7 Å². The lowest BCUT2D eigenvalue weighted by atomic mass is 9.93. The Morgan fingerprint density at radius 2 is 1.90 bits per heavy atom. The molecule has 0 radical (unpaired) electrons. The molecule has 2 N–H and O–H groups in total. The van der Waals surface area contributed by atoms with Gasteiger partial charge in [0.2, 0.25) is 5.91 Å². The molecular weight excluding hydrogens is 382 g/mol. The highest BCUT2D eigenvalue weighted by Gasteiger charge is 2.47. The fourth-order valence-corrected chi connectivity index (χ4v) is 3.56. The quantitative estimate of drug-likeness (QED) is 0.587. The Morgan fingerprint density at radius 1 is 1.13 bits per heavy atom. The molecule has 1 aromatic carbocycles. The number of benzene rings is 1. The zero-order chi connectivity index (χ0) is 21.1. The van der Waals surface area contributed by atoms with E-state index in [-0.39, 0.29) is 19.0 Å². The van der Waals surface area contributed by atoms with Crippen LogP contribution in [0.25, 0.3) is 5.65 Å². The van der Waals surface area contributed by atoms with E-state index in [4.69, 9.17) is 0 Å². The first kappa shape index (κ1) is 19.6. The highest BCUT2D eigenvalue weighted by Crippen LogP contribution is 2.23. The Balaban J connectivity index is 1.33. The summed E-state index contributed by atoms with van der Waals surface area (Å²) in [5, 5.41) is 5.46. The van der Waals surface area contributed by atoms with Gasteiger partial charge in [-0.1, -0.05) is 36.4 Å². The molecule has 0 aliphatic carbocycles. The summed E-state index contributed by atoms with van der Waals surface area (Å²) in [5.41, 5.74) is 1.54. The van der Waals surface area contributed by atoms with Crippen molar-refractivity contribution in [1.82, 2.24) is 24.9 Å². The molecule has 8 heteroatoms. The minimum atomic E-state index is -1.02. The van der Waals surface area contributed by atoms with E-state index >= 15 is 0 Å². The Kier molecular flexibility index (Phi) is 5.22. The molecule has 0 spiro atoms. The van der Waals surface area contributed by atoms with Crippen LogP contribution in [0.3, 0.4) is 0 Å². The fraction of sp³-hybridized carbons (Fsp3) is 0.273. The number of hydrogen-bond donors (Lipinski definition) is 2. The predicted molar refractivity (Wildman–Crippen MR) is 110 cm³/mol. The van der Waals surface area contributed by atoms with Crippen LogP contribution in [-0.4, -0.2) is 44.2 Å². The van der Waals surface area contributed by atoms with Crippen molar-refractivity contribution >= 4 is 23.5 Å². The third kappa shape index (κ3) is 4.03. The maximum absolute atomic E-state index is 12.8. The number of aromatic nitrogens is 2. The molecule has 1 saturated heterocycles. The summed E-state index contributed by atoms with van der Waals surface area (Å²) in [7, 11) is 0. The lowest BCUT2D eigenvalue weighted by Gasteiger charge is -2.21. The van der Waals surface area contributed by atoms with Crippen LogP contribution in [0.5, 0.6) is 0 Å². The average molecular weight is 405 g/mol. The van der Waals surface area contributed by atoms with Crippen molar-refractivity contribution in [2.45, 2.75) is 31.8 Å². The van der Waals surface area contributed by atoms with Crippen molar-refractivity contribution in [3.63, 3.8) is 0 Å². The fourth-order valence-electron chi connectivity index (χ4n) is 3.56. The van der Waals surface area contributed by atoms with Crippen molar-refractivity contribution < 1.29 is 14.4 Å². The summed E-state index contributed by atoms with van der Waals surface area (Å²) >= 11 is 0. The molecule has 1 aliphatic heterocycles. The molecule has 4 amide bonds. The molecular formula is C22H23N5O3. The summed E-state index contributed by atoms with van der Waals surface area (Å²) in [6.07, 6.45) is 4.80. The zero-order valence-electron chi connectivity index (χ0n) is 16.7. The monoisotopic (exact) mass is 405 g/mol. The molecule has 2 aromatic heterocycles. The lowest BCUT2D eigenvalue weighted by Crippen LogP contribution is -2.45. The molecule has 0 unspecified atom stereocenters. The molecule has 3 heterocycles. The third-order valence-corrected chi connectivity index (χ3v) is 5.28. The summed E-state index contributed by atoms with van der Waals surface area (Å²) in [5.74, 6) is -0.797. The van der Waals surface area contributed by atoms with Gasteiger partial charge in [-0.3, -0.25) is 14.5 Å². The first-order valence-corrected chi connectivity index (χ1v) is 9.82. The van der Waals surface area contributed by atoms with E-state index in [0.717, 1.165) is 16.1 Å². The number of amides is 4. The Bertz CT molecular complexity index is 1060. The summed E-state index contributed by atoms with van der Waals surface area (Å²) in [6.45, 7) is 1.60. The largest absolute Gasteiger partial charge is 0.349 e. The number of rotatable bonds is 7. The van der Waals surface area contributed by atoms with E-state index in [2.05, 4.69) is 15.6 Å². The Labute approximate surface area is 173 Å². The number of imide groups is 1. The van der Waals surface area contributed by atoms with Gasteiger partial charge in [0.05, 0.1) is 12.2 Å². The maximum atomic E-state index is 12.8. The number of fused-ring (bicyclic) bond motifs is 1. The summed E-state index contributed by atoms with van der Waals surface area (Å²) in [6, 6.07) is 14.9. The minimum absolute atomic E-state index is 0.218. The van der Waals surface area contributed by atoms with Gasteiger partial charge in [0, 0.05) is 12.4 Å². The topological polar surface area (TPSA) is 95.8 Å². The van der Waals surface area contributed by atoms with E-state index < -0.39 is 17.5 Å². The highest BCUT2D eigenvalue weighted by molar-refractivity contribution is 6.08. The molecule has 0 saturated carbocycles. The summed E-state index contributed by atoms with van der Waals surface area (Å²) in [4.78, 5) is 42.9. The van der Waals surface area contributed by atoms with Crippen LogP contribution < -0.4 is 10.6 Å². The number of pyridine rings is 1. The van der Waals surface area contributed by atoms with Crippen molar-refractivity contribution in [1.29, 1.82) is 0 Å². The number of nitrogens with one attached hydrogen (secondary N) is 2. The number of carbonyl (C=O) groups is 3. The number of carbonyl (C=O) groups excluding carboxylic acids is 3. The van der Waals surface area contributed by atoms with Gasteiger partial charge >= 0.3 is 6.03 Å². The minimum Gasteiger partial charge on any atom is -0.349 e. The number of nitrogens with zero attached hydrogens (tertiary/aromatic N) is 3. The molecule has 30 heavy (non-hydrogen) atoms. The Morgan fingerprint density at radius 3 is 2.67 bits per heavy atom. The molecule has 0 bridgehead atoms. The predicted octanol–water partition coefficient (Wildman–Crippen LogP) is 1.89. The van der Waals surface area contributed by atoms with Gasteiger partial charge in [-0.05, 0) is 37.5 Å². The standard InChI is InChI=1S/C22H23N5O3/c1-22(11-10-16-7-3-2-4-8-16)20(29)27(21(30)25-22)15-19(28)23-13-17-14-26-12-6-5-9-18(26)24-17/h2-9,12,14H,10-11,13,15H2,1H3,(H,23,28)(H,25,30)/t22-/m0/s1. The molecule has 4 rings (SSSR count). The van der Waals surface area contributed by atoms with Crippen molar-refractivity contribution in [3.05, 3.63) is 72.2 Å². The van der Waals surface area contributed by atoms with E-state index in [1.165, 1.54) is 0 Å². The highest BCUT2D eigenvalue weighted by atomic mass is 16.2. The second-order valence-corrected chi connectivity index (χ2v) is 7.61. The molecule has 8 nitrogen and oxygen atoms in total. The second-order valence-electron chi connectivity index (χ2n) is 7.61. The number of imidazole rings is 1. The van der Waals surface area contributed by atoms with E-state index in [0.29, 0.717) is 18.5 Å². The Hall–Kier alpha value is -3.68. The van der Waals surface area contributed by atoms with Gasteiger partial charge < -0.3 is 15.0 Å². The van der Waals surface area contributed by atoms with Crippen LogP contribution >= 0.6 is 0 Å². The smallest absolute Gasteiger partial charge is 0.325 e. The van der Waals surface area contributed by atoms with E-state index in [1.807, 2.05) is 65.3 Å². The SMILES string of the molecule is C[C@@]1(CCc2ccccc2)NC(=O)N(CC(=O)NCc2cn3ccccc3n2)C1=O. The van der Waals surface area contributed by atoms with E-state index in [9.17, 15) is 14.4 Å². The molecule has 3 aromatic rings. The van der Waals surface area contributed by atoms with Gasteiger partial charge in [0.25, 0.3) is 5.91 Å². The first-order chi connectivity index (χ1) is 14.4. The number of urea groups is 1. The van der Waals surface area contributed by atoms with Crippen molar-refractivity contribution in [2.24, 2.45) is 0 Å². The van der Waals surface area contributed by atoms with Crippen LogP contribution in [-0.2, 0) is 22.6 Å². The average Bonchev–Trinajstić information content (AvgIpc) is 3.26. The van der Waals surface area contributed by atoms with Crippen LogP contribution in [0.15, 0.2) is 60.9 Å². The van der Waals surface area contributed by atoms with Crippen LogP contribution in [0.1, 0.15) is 24.6 Å². The van der Waals surface area contributed by atoms with Crippen LogP contribution in [0, 0.1) is 0 Å². The van der Waals surface area contributed by atoms with E-state index in [1.54, 1.807) is 6.92 Å². The zero-order valence-corrected chi connectivity index (χ0v) is 16.7. The van der Waals surface area contributed by atoms with Crippen molar-refractivity contribution in [2.75, 3.05) is 6.54 Å². The summed E-state index contributed by atoms with van der Waals surface area (Å²) < 4.78 is 1.86. The van der Waals surface area contributed by atoms with Gasteiger partial charge in [-0.25, -0.2) is 9.78 Å². The van der Waals surface area contributed by atoms with Crippen molar-refractivity contribution in [3.8, 4) is 0 Å². The maximum Gasteiger partial charge on any atom is 0.325 e. The lowest BCUT2D eigenvalue weighted by molar-refractivity contribution is -0.134. The van der Waals surface area contributed by atoms with Crippen LogP contribution in [0.2, 0.25) is 0 Å².